The highest BCUT2D eigenvalue weighted by molar-refractivity contribution is 7.12. The van der Waals surface area contributed by atoms with Gasteiger partial charge in [0.1, 0.15) is 11.2 Å². The SMILES string of the molecule is O=C(OCC#Cc1ccccc1)c1sccc1-n1cnnn1. The normalized spacial score (nSPS) is 9.82. The average molecular weight is 310 g/mol. The molecule has 3 aromatic rings. The van der Waals surface area contributed by atoms with Crippen molar-refractivity contribution in [3.63, 3.8) is 0 Å². The van der Waals surface area contributed by atoms with Crippen molar-refractivity contribution in [2.45, 2.75) is 0 Å². The molecule has 2 aromatic heterocycles. The van der Waals surface area contributed by atoms with Crippen LogP contribution in [0.15, 0.2) is 48.1 Å². The van der Waals surface area contributed by atoms with Gasteiger partial charge < -0.3 is 4.74 Å². The number of ether oxygens (including phenoxy) is 1. The van der Waals surface area contributed by atoms with E-state index in [0.717, 1.165) is 5.56 Å². The summed E-state index contributed by atoms with van der Waals surface area (Å²) in [5.74, 6) is 5.30. The van der Waals surface area contributed by atoms with Crippen LogP contribution in [-0.4, -0.2) is 32.8 Å². The highest BCUT2D eigenvalue weighted by Gasteiger charge is 2.16. The van der Waals surface area contributed by atoms with Crippen LogP contribution in [0.3, 0.4) is 0 Å². The van der Waals surface area contributed by atoms with E-state index >= 15 is 0 Å². The number of esters is 1. The molecule has 0 spiro atoms. The van der Waals surface area contributed by atoms with E-state index < -0.39 is 5.97 Å². The number of rotatable bonds is 3. The maximum atomic E-state index is 12.1. The number of hydrogen-bond acceptors (Lipinski definition) is 6. The van der Waals surface area contributed by atoms with Gasteiger partial charge in [0.05, 0.1) is 5.69 Å². The molecule has 0 atom stereocenters. The molecular formula is C15H10N4O2S. The topological polar surface area (TPSA) is 69.9 Å². The Kier molecular flexibility index (Phi) is 4.22. The van der Waals surface area contributed by atoms with Gasteiger partial charge in [-0.3, -0.25) is 0 Å². The van der Waals surface area contributed by atoms with Crippen molar-refractivity contribution in [2.24, 2.45) is 0 Å². The molecule has 22 heavy (non-hydrogen) atoms. The van der Waals surface area contributed by atoms with Crippen LogP contribution in [0.4, 0.5) is 0 Å². The van der Waals surface area contributed by atoms with E-state index in [1.807, 2.05) is 30.3 Å². The Morgan fingerprint density at radius 3 is 2.91 bits per heavy atom. The van der Waals surface area contributed by atoms with Gasteiger partial charge in [0, 0.05) is 5.56 Å². The molecule has 0 bridgehead atoms. The number of thiophene rings is 1. The van der Waals surface area contributed by atoms with Crippen molar-refractivity contribution in [3.05, 3.63) is 58.5 Å². The fraction of sp³-hybridized carbons (Fsp3) is 0.0667. The lowest BCUT2D eigenvalue weighted by atomic mass is 10.2. The number of hydrogen-bond donors (Lipinski definition) is 0. The number of aromatic nitrogens is 4. The first-order valence-corrected chi connectivity index (χ1v) is 7.24. The third-order valence-electron chi connectivity index (χ3n) is 2.71. The Bertz CT molecular complexity index is 816. The molecule has 7 heteroatoms. The first-order valence-electron chi connectivity index (χ1n) is 6.36. The van der Waals surface area contributed by atoms with Gasteiger partial charge in [-0.1, -0.05) is 30.0 Å². The maximum Gasteiger partial charge on any atom is 0.351 e. The van der Waals surface area contributed by atoms with E-state index in [-0.39, 0.29) is 6.61 Å². The summed E-state index contributed by atoms with van der Waals surface area (Å²) in [6.07, 6.45) is 1.42. The van der Waals surface area contributed by atoms with Crippen LogP contribution in [0, 0.1) is 11.8 Å². The van der Waals surface area contributed by atoms with Crippen LogP contribution in [0.1, 0.15) is 15.2 Å². The molecule has 3 rings (SSSR count). The Morgan fingerprint density at radius 2 is 2.14 bits per heavy atom. The Labute approximate surface area is 130 Å². The standard InChI is InChI=1S/C15H10N4O2S/c20-15(21-9-4-7-12-5-2-1-3-6-12)14-13(8-10-22-14)19-11-16-17-18-19/h1-3,5-6,8,10-11H,9H2. The maximum absolute atomic E-state index is 12.1. The summed E-state index contributed by atoms with van der Waals surface area (Å²) in [7, 11) is 0. The monoisotopic (exact) mass is 310 g/mol. The molecule has 0 unspecified atom stereocenters. The lowest BCUT2D eigenvalue weighted by Gasteiger charge is -2.01. The quantitative estimate of drug-likeness (QED) is 0.546. The third kappa shape index (κ3) is 3.19. The van der Waals surface area contributed by atoms with E-state index in [0.29, 0.717) is 10.6 Å². The van der Waals surface area contributed by atoms with Crippen molar-refractivity contribution >= 4 is 17.3 Å². The fourth-order valence-electron chi connectivity index (χ4n) is 1.73. The fourth-order valence-corrected chi connectivity index (χ4v) is 2.50. The molecule has 0 N–H and O–H groups in total. The predicted octanol–water partition coefficient (Wildman–Crippen LogP) is 1.93. The van der Waals surface area contributed by atoms with E-state index in [4.69, 9.17) is 4.74 Å². The smallest absolute Gasteiger partial charge is 0.351 e. The van der Waals surface area contributed by atoms with E-state index in [1.165, 1.54) is 22.3 Å². The van der Waals surface area contributed by atoms with Gasteiger partial charge in [0.25, 0.3) is 0 Å². The molecule has 0 aliphatic carbocycles. The number of benzene rings is 1. The molecular weight excluding hydrogens is 300 g/mol. The van der Waals surface area contributed by atoms with Crippen molar-refractivity contribution in [1.29, 1.82) is 0 Å². The van der Waals surface area contributed by atoms with Crippen molar-refractivity contribution in [2.75, 3.05) is 6.61 Å². The van der Waals surface area contributed by atoms with Crippen LogP contribution in [0.5, 0.6) is 0 Å². The molecule has 2 heterocycles. The molecule has 0 saturated carbocycles. The largest absolute Gasteiger partial charge is 0.448 e. The summed E-state index contributed by atoms with van der Waals surface area (Å²) in [5, 5.41) is 12.6. The van der Waals surface area contributed by atoms with Crippen LogP contribution in [-0.2, 0) is 4.74 Å². The first-order chi connectivity index (χ1) is 10.8. The van der Waals surface area contributed by atoms with Gasteiger partial charge >= 0.3 is 5.97 Å². The predicted molar refractivity (Wildman–Crippen MR) is 80.6 cm³/mol. The summed E-state index contributed by atoms with van der Waals surface area (Å²) < 4.78 is 6.58. The highest BCUT2D eigenvalue weighted by Crippen LogP contribution is 2.20. The van der Waals surface area contributed by atoms with Crippen LogP contribution >= 0.6 is 11.3 Å². The minimum atomic E-state index is -0.442. The van der Waals surface area contributed by atoms with Gasteiger partial charge in [-0.15, -0.1) is 16.4 Å². The number of carbonyl (C=O) groups excluding carboxylic acids is 1. The molecule has 1 aromatic carbocycles. The molecule has 108 valence electrons. The van der Waals surface area contributed by atoms with Gasteiger partial charge in [-0.2, -0.15) is 4.68 Å². The summed E-state index contributed by atoms with van der Waals surface area (Å²) >= 11 is 1.27. The van der Waals surface area contributed by atoms with Gasteiger partial charge in [0.2, 0.25) is 0 Å². The molecule has 0 fully saturated rings. The van der Waals surface area contributed by atoms with Crippen molar-refractivity contribution in [3.8, 4) is 17.5 Å². The molecule has 0 saturated heterocycles. The zero-order valence-corrected chi connectivity index (χ0v) is 12.2. The average Bonchev–Trinajstić information content (AvgIpc) is 3.22. The lowest BCUT2D eigenvalue weighted by Crippen LogP contribution is -2.07. The Morgan fingerprint density at radius 1 is 1.27 bits per heavy atom. The molecule has 0 amide bonds. The van der Waals surface area contributed by atoms with Crippen molar-refractivity contribution in [1.82, 2.24) is 20.2 Å². The minimum Gasteiger partial charge on any atom is -0.448 e. The number of carbonyl (C=O) groups is 1. The third-order valence-corrected chi connectivity index (χ3v) is 3.59. The summed E-state index contributed by atoms with van der Waals surface area (Å²) in [6.45, 7) is 0.0284. The first kappa shape index (κ1) is 14.0. The van der Waals surface area contributed by atoms with Gasteiger partial charge in [-0.05, 0) is 34.0 Å². The number of tetrazole rings is 1. The highest BCUT2D eigenvalue weighted by atomic mass is 32.1. The lowest BCUT2D eigenvalue weighted by molar-refractivity contribution is 0.0562. The Balaban J connectivity index is 1.64. The molecule has 0 radical (unpaired) electrons. The molecule has 0 aliphatic rings. The molecule has 6 nitrogen and oxygen atoms in total. The second-order valence-electron chi connectivity index (χ2n) is 4.13. The zero-order chi connectivity index (χ0) is 15.2. The van der Waals surface area contributed by atoms with E-state index in [2.05, 4.69) is 27.4 Å². The summed E-state index contributed by atoms with van der Waals surface area (Å²) in [4.78, 5) is 12.5. The minimum absolute atomic E-state index is 0.0284. The van der Waals surface area contributed by atoms with Crippen molar-refractivity contribution < 1.29 is 9.53 Å². The number of nitrogens with zero attached hydrogens (tertiary/aromatic N) is 4. The Hall–Kier alpha value is -2.98. The van der Waals surface area contributed by atoms with Gasteiger partial charge in [0.15, 0.2) is 6.61 Å². The van der Waals surface area contributed by atoms with Gasteiger partial charge in [-0.25, -0.2) is 4.79 Å². The van der Waals surface area contributed by atoms with E-state index in [9.17, 15) is 4.79 Å². The van der Waals surface area contributed by atoms with Crippen LogP contribution in [0.2, 0.25) is 0 Å². The van der Waals surface area contributed by atoms with Crippen LogP contribution < -0.4 is 0 Å². The van der Waals surface area contributed by atoms with E-state index in [1.54, 1.807) is 11.4 Å². The summed E-state index contributed by atoms with van der Waals surface area (Å²) in [6, 6.07) is 11.3. The second-order valence-corrected chi connectivity index (χ2v) is 5.05. The molecule has 0 aliphatic heterocycles. The van der Waals surface area contributed by atoms with Crippen LogP contribution in [0.25, 0.3) is 5.69 Å². The zero-order valence-electron chi connectivity index (χ0n) is 11.3. The summed E-state index contributed by atoms with van der Waals surface area (Å²) in [5.41, 5.74) is 1.47. The second kappa shape index (κ2) is 6.65.